The molecule has 0 atom stereocenters. The molecule has 3 heteroatoms. The summed E-state index contributed by atoms with van der Waals surface area (Å²) in [5.74, 6) is -0.911. The van der Waals surface area contributed by atoms with Crippen molar-refractivity contribution >= 4 is 23.4 Å². The minimum atomic E-state index is -0.911. The standard InChI is InChI=1S/C7H6O2S/c8-7(9)2-1-6-3-4-10-5-6/h1-5H,(H,8,9)/b2-1+. The van der Waals surface area contributed by atoms with Gasteiger partial charge in [0.25, 0.3) is 0 Å². The second kappa shape index (κ2) is 3.17. The molecule has 1 heterocycles. The molecular weight excluding hydrogens is 148 g/mol. The van der Waals surface area contributed by atoms with E-state index < -0.39 is 5.97 Å². The van der Waals surface area contributed by atoms with Crippen molar-refractivity contribution in [3.05, 3.63) is 28.5 Å². The van der Waals surface area contributed by atoms with Gasteiger partial charge in [0.05, 0.1) is 0 Å². The molecule has 0 unspecified atom stereocenters. The Hall–Kier alpha value is -1.09. The van der Waals surface area contributed by atoms with Gasteiger partial charge in [-0.25, -0.2) is 4.79 Å². The Morgan fingerprint density at radius 1 is 1.70 bits per heavy atom. The van der Waals surface area contributed by atoms with Gasteiger partial charge < -0.3 is 5.11 Å². The van der Waals surface area contributed by atoms with E-state index in [1.165, 1.54) is 0 Å². The highest BCUT2D eigenvalue weighted by Gasteiger charge is 1.87. The SMILES string of the molecule is O=C(O)/C=C/c1ccsc1. The van der Waals surface area contributed by atoms with E-state index in [1.54, 1.807) is 17.4 Å². The summed E-state index contributed by atoms with van der Waals surface area (Å²) in [4.78, 5) is 10.0. The third kappa shape index (κ3) is 2.03. The summed E-state index contributed by atoms with van der Waals surface area (Å²) in [6.07, 6.45) is 2.70. The average molecular weight is 154 g/mol. The first-order valence-electron chi connectivity index (χ1n) is 2.72. The van der Waals surface area contributed by atoms with Gasteiger partial charge in [-0.2, -0.15) is 11.3 Å². The molecular formula is C7H6O2S. The molecule has 0 saturated heterocycles. The molecule has 1 aromatic heterocycles. The summed E-state index contributed by atoms with van der Waals surface area (Å²) in [7, 11) is 0. The van der Waals surface area contributed by atoms with E-state index in [4.69, 9.17) is 5.11 Å². The van der Waals surface area contributed by atoms with E-state index in [0.29, 0.717) is 0 Å². The van der Waals surface area contributed by atoms with E-state index >= 15 is 0 Å². The first kappa shape index (κ1) is 7.02. The van der Waals surface area contributed by atoms with Crippen molar-refractivity contribution in [1.82, 2.24) is 0 Å². The van der Waals surface area contributed by atoms with Crippen LogP contribution in [0.3, 0.4) is 0 Å². The summed E-state index contributed by atoms with van der Waals surface area (Å²) in [5.41, 5.74) is 0.937. The number of carbonyl (C=O) groups is 1. The summed E-state index contributed by atoms with van der Waals surface area (Å²) in [6, 6.07) is 1.87. The third-order valence-corrected chi connectivity index (χ3v) is 1.66. The molecule has 0 saturated carbocycles. The van der Waals surface area contributed by atoms with Crippen LogP contribution in [-0.2, 0) is 4.79 Å². The molecule has 0 fully saturated rings. The lowest BCUT2D eigenvalue weighted by Crippen LogP contribution is -1.84. The first-order chi connectivity index (χ1) is 4.79. The van der Waals surface area contributed by atoms with Crippen molar-refractivity contribution in [3.63, 3.8) is 0 Å². The van der Waals surface area contributed by atoms with E-state index in [2.05, 4.69) is 0 Å². The largest absolute Gasteiger partial charge is 0.478 e. The quantitative estimate of drug-likeness (QED) is 0.660. The van der Waals surface area contributed by atoms with Crippen LogP contribution < -0.4 is 0 Å². The summed E-state index contributed by atoms with van der Waals surface area (Å²) < 4.78 is 0. The van der Waals surface area contributed by atoms with Gasteiger partial charge in [0.15, 0.2) is 0 Å². The molecule has 0 aliphatic rings. The number of aliphatic carboxylic acids is 1. The Balaban J connectivity index is 2.64. The zero-order chi connectivity index (χ0) is 7.40. The lowest BCUT2D eigenvalue weighted by molar-refractivity contribution is -0.131. The predicted octanol–water partition coefficient (Wildman–Crippen LogP) is 1.85. The van der Waals surface area contributed by atoms with Crippen LogP contribution in [0, 0.1) is 0 Å². The van der Waals surface area contributed by atoms with Crippen LogP contribution in [0.2, 0.25) is 0 Å². The molecule has 0 aliphatic carbocycles. The fraction of sp³-hybridized carbons (Fsp3) is 0. The monoisotopic (exact) mass is 154 g/mol. The normalized spacial score (nSPS) is 10.4. The molecule has 0 aromatic carbocycles. The predicted molar refractivity (Wildman–Crippen MR) is 41.0 cm³/mol. The lowest BCUT2D eigenvalue weighted by atomic mass is 10.3. The molecule has 1 aromatic rings. The number of carboxylic acid groups (broad SMARTS) is 1. The van der Waals surface area contributed by atoms with Gasteiger partial charge in [-0.05, 0) is 28.5 Å². The van der Waals surface area contributed by atoms with Crippen molar-refractivity contribution in [2.45, 2.75) is 0 Å². The van der Waals surface area contributed by atoms with Crippen molar-refractivity contribution in [2.75, 3.05) is 0 Å². The van der Waals surface area contributed by atoms with Gasteiger partial charge in [-0.3, -0.25) is 0 Å². The molecule has 1 N–H and O–H groups in total. The lowest BCUT2D eigenvalue weighted by Gasteiger charge is -1.78. The van der Waals surface area contributed by atoms with E-state index in [9.17, 15) is 4.79 Å². The van der Waals surface area contributed by atoms with E-state index in [0.717, 1.165) is 11.6 Å². The zero-order valence-electron chi connectivity index (χ0n) is 5.15. The molecule has 0 aliphatic heterocycles. The number of hydrogen-bond donors (Lipinski definition) is 1. The smallest absolute Gasteiger partial charge is 0.328 e. The molecule has 10 heavy (non-hydrogen) atoms. The fourth-order valence-electron chi connectivity index (χ4n) is 0.537. The second-order valence-electron chi connectivity index (χ2n) is 1.73. The maximum atomic E-state index is 10.0. The highest BCUT2D eigenvalue weighted by molar-refractivity contribution is 7.08. The Labute approximate surface area is 62.4 Å². The van der Waals surface area contributed by atoms with Gasteiger partial charge in [0.1, 0.15) is 0 Å². The molecule has 0 amide bonds. The van der Waals surface area contributed by atoms with Crippen LogP contribution in [-0.4, -0.2) is 11.1 Å². The van der Waals surface area contributed by atoms with Crippen LogP contribution in [0.4, 0.5) is 0 Å². The topological polar surface area (TPSA) is 37.3 Å². The minimum Gasteiger partial charge on any atom is -0.478 e. The van der Waals surface area contributed by atoms with Crippen molar-refractivity contribution in [3.8, 4) is 0 Å². The zero-order valence-corrected chi connectivity index (χ0v) is 5.97. The summed E-state index contributed by atoms with van der Waals surface area (Å²) in [5, 5.41) is 12.0. The fourth-order valence-corrected chi connectivity index (χ4v) is 1.17. The van der Waals surface area contributed by atoms with E-state index in [1.807, 2.05) is 16.8 Å². The molecule has 0 bridgehead atoms. The van der Waals surface area contributed by atoms with Crippen LogP contribution in [0.25, 0.3) is 6.08 Å². The van der Waals surface area contributed by atoms with Crippen LogP contribution in [0.15, 0.2) is 22.9 Å². The number of hydrogen-bond acceptors (Lipinski definition) is 2. The maximum Gasteiger partial charge on any atom is 0.328 e. The van der Waals surface area contributed by atoms with Gasteiger partial charge >= 0.3 is 5.97 Å². The Bertz CT molecular complexity index is 236. The van der Waals surface area contributed by atoms with Gasteiger partial charge in [-0.15, -0.1) is 0 Å². The highest BCUT2D eigenvalue weighted by atomic mass is 32.1. The molecule has 0 spiro atoms. The van der Waals surface area contributed by atoms with Crippen molar-refractivity contribution in [2.24, 2.45) is 0 Å². The van der Waals surface area contributed by atoms with Gasteiger partial charge in [0.2, 0.25) is 0 Å². The Morgan fingerprint density at radius 3 is 3.00 bits per heavy atom. The third-order valence-electron chi connectivity index (χ3n) is 0.962. The second-order valence-corrected chi connectivity index (χ2v) is 2.51. The molecule has 1 rings (SSSR count). The summed E-state index contributed by atoms with van der Waals surface area (Å²) in [6.45, 7) is 0. The minimum absolute atomic E-state index is 0.911. The van der Waals surface area contributed by atoms with Crippen molar-refractivity contribution in [1.29, 1.82) is 0 Å². The number of carboxylic acids is 1. The molecule has 0 radical (unpaired) electrons. The molecule has 52 valence electrons. The Kier molecular flexibility index (Phi) is 2.23. The molecule has 2 nitrogen and oxygen atoms in total. The first-order valence-corrected chi connectivity index (χ1v) is 3.66. The van der Waals surface area contributed by atoms with Gasteiger partial charge in [-0.1, -0.05) is 0 Å². The average Bonchev–Trinajstić information content (AvgIpc) is 2.34. The number of rotatable bonds is 2. The van der Waals surface area contributed by atoms with Crippen LogP contribution in [0.1, 0.15) is 5.56 Å². The van der Waals surface area contributed by atoms with Crippen LogP contribution in [0.5, 0.6) is 0 Å². The van der Waals surface area contributed by atoms with Gasteiger partial charge in [0, 0.05) is 6.08 Å². The Morgan fingerprint density at radius 2 is 2.50 bits per heavy atom. The maximum absolute atomic E-state index is 10.0. The van der Waals surface area contributed by atoms with E-state index in [-0.39, 0.29) is 0 Å². The van der Waals surface area contributed by atoms with Crippen LogP contribution >= 0.6 is 11.3 Å². The van der Waals surface area contributed by atoms with Crippen molar-refractivity contribution < 1.29 is 9.90 Å². The number of thiophene rings is 1. The highest BCUT2D eigenvalue weighted by Crippen LogP contribution is 2.06. The summed E-state index contributed by atoms with van der Waals surface area (Å²) >= 11 is 1.55.